The lowest BCUT2D eigenvalue weighted by Gasteiger charge is -2.27. The second-order valence-electron chi connectivity index (χ2n) is 5.00. The molecule has 0 aliphatic carbocycles. The summed E-state index contributed by atoms with van der Waals surface area (Å²) < 4.78 is 5.34. The maximum Gasteiger partial charge on any atom is 0.105 e. The molecule has 102 valence electrons. The highest BCUT2D eigenvalue weighted by Gasteiger charge is 2.15. The van der Waals surface area contributed by atoms with Gasteiger partial charge in [0.05, 0.1) is 6.26 Å². The van der Waals surface area contributed by atoms with Crippen molar-refractivity contribution in [2.24, 2.45) is 5.73 Å². The van der Waals surface area contributed by atoms with Crippen LogP contribution in [-0.2, 0) is 13.0 Å². The fourth-order valence-corrected chi connectivity index (χ4v) is 2.28. The van der Waals surface area contributed by atoms with Crippen LogP contribution >= 0.6 is 0 Å². The van der Waals surface area contributed by atoms with Crippen molar-refractivity contribution in [3.63, 3.8) is 0 Å². The standard InChI is InChI=1S/C16H22N2O/c1-13-15(8-9-19-13)12-18(2)16(11-17)10-14-6-4-3-5-7-14/h3-9,16H,10-12,17H2,1-2H3. The summed E-state index contributed by atoms with van der Waals surface area (Å²) in [7, 11) is 2.12. The Labute approximate surface area is 115 Å². The van der Waals surface area contributed by atoms with Gasteiger partial charge < -0.3 is 10.2 Å². The number of hydrogen-bond donors (Lipinski definition) is 1. The molecule has 3 nitrogen and oxygen atoms in total. The fourth-order valence-electron chi connectivity index (χ4n) is 2.28. The smallest absolute Gasteiger partial charge is 0.105 e. The molecule has 1 heterocycles. The normalized spacial score (nSPS) is 12.8. The minimum Gasteiger partial charge on any atom is -0.469 e. The van der Waals surface area contributed by atoms with Crippen molar-refractivity contribution in [1.82, 2.24) is 4.90 Å². The van der Waals surface area contributed by atoms with Gasteiger partial charge in [-0.2, -0.15) is 0 Å². The third-order valence-electron chi connectivity index (χ3n) is 3.60. The van der Waals surface area contributed by atoms with Crippen molar-refractivity contribution in [3.8, 4) is 0 Å². The Balaban J connectivity index is 1.99. The van der Waals surface area contributed by atoms with E-state index >= 15 is 0 Å². The van der Waals surface area contributed by atoms with Crippen LogP contribution in [-0.4, -0.2) is 24.5 Å². The molecule has 1 aromatic heterocycles. The second-order valence-corrected chi connectivity index (χ2v) is 5.00. The SMILES string of the molecule is Cc1occc1CN(C)C(CN)Cc1ccccc1. The van der Waals surface area contributed by atoms with E-state index in [0.29, 0.717) is 12.6 Å². The molecule has 0 amide bonds. The van der Waals surface area contributed by atoms with E-state index in [2.05, 4.69) is 36.2 Å². The molecule has 0 radical (unpaired) electrons. The van der Waals surface area contributed by atoms with Crippen LogP contribution in [0.4, 0.5) is 0 Å². The van der Waals surface area contributed by atoms with Gasteiger partial charge in [0.15, 0.2) is 0 Å². The van der Waals surface area contributed by atoms with Gasteiger partial charge in [-0.15, -0.1) is 0 Å². The highest BCUT2D eigenvalue weighted by Crippen LogP contribution is 2.14. The first-order chi connectivity index (χ1) is 9.20. The number of hydrogen-bond acceptors (Lipinski definition) is 3. The summed E-state index contributed by atoms with van der Waals surface area (Å²) in [5.74, 6) is 0.988. The molecule has 1 unspecified atom stereocenters. The van der Waals surface area contributed by atoms with Crippen LogP contribution in [0.1, 0.15) is 16.9 Å². The fraction of sp³-hybridized carbons (Fsp3) is 0.375. The van der Waals surface area contributed by atoms with Crippen LogP contribution in [0.25, 0.3) is 0 Å². The largest absolute Gasteiger partial charge is 0.469 e. The van der Waals surface area contributed by atoms with E-state index in [1.165, 1.54) is 11.1 Å². The summed E-state index contributed by atoms with van der Waals surface area (Å²) in [6, 6.07) is 12.9. The van der Waals surface area contributed by atoms with Crippen LogP contribution in [0.15, 0.2) is 47.1 Å². The Bertz CT molecular complexity index is 492. The van der Waals surface area contributed by atoms with E-state index < -0.39 is 0 Å². The van der Waals surface area contributed by atoms with Crippen LogP contribution in [0.2, 0.25) is 0 Å². The van der Waals surface area contributed by atoms with Crippen LogP contribution < -0.4 is 5.73 Å². The van der Waals surface area contributed by atoms with E-state index in [9.17, 15) is 0 Å². The molecule has 2 aromatic rings. The van der Waals surface area contributed by atoms with Gasteiger partial charge in [0, 0.05) is 24.7 Å². The predicted octanol–water partition coefficient (Wildman–Crippen LogP) is 2.59. The van der Waals surface area contributed by atoms with Crippen LogP contribution in [0, 0.1) is 6.92 Å². The number of benzene rings is 1. The first kappa shape index (κ1) is 13.8. The summed E-state index contributed by atoms with van der Waals surface area (Å²) in [4.78, 5) is 2.30. The van der Waals surface area contributed by atoms with Gasteiger partial charge in [-0.25, -0.2) is 0 Å². The lowest BCUT2D eigenvalue weighted by Crippen LogP contribution is -2.39. The number of nitrogens with two attached hydrogens (primary N) is 1. The molecule has 0 saturated heterocycles. The van der Waals surface area contributed by atoms with Crippen molar-refractivity contribution in [2.45, 2.75) is 25.9 Å². The zero-order chi connectivity index (χ0) is 13.7. The van der Waals surface area contributed by atoms with E-state index in [0.717, 1.165) is 18.7 Å². The summed E-state index contributed by atoms with van der Waals surface area (Å²) in [6.45, 7) is 3.52. The van der Waals surface area contributed by atoms with E-state index in [1.54, 1.807) is 6.26 Å². The molecule has 1 atom stereocenters. The predicted molar refractivity (Wildman–Crippen MR) is 77.9 cm³/mol. The zero-order valence-corrected chi connectivity index (χ0v) is 11.7. The van der Waals surface area contributed by atoms with Gasteiger partial charge >= 0.3 is 0 Å². The highest BCUT2D eigenvalue weighted by molar-refractivity contribution is 5.17. The first-order valence-corrected chi connectivity index (χ1v) is 6.68. The Kier molecular flexibility index (Phi) is 4.77. The van der Waals surface area contributed by atoms with Crippen molar-refractivity contribution in [1.29, 1.82) is 0 Å². The number of aryl methyl sites for hydroxylation is 1. The molecular weight excluding hydrogens is 236 g/mol. The second kappa shape index (κ2) is 6.55. The zero-order valence-electron chi connectivity index (χ0n) is 11.7. The maximum atomic E-state index is 5.92. The average molecular weight is 258 g/mol. The third-order valence-corrected chi connectivity index (χ3v) is 3.60. The molecule has 0 saturated carbocycles. The van der Waals surface area contributed by atoms with Crippen LogP contribution in [0.5, 0.6) is 0 Å². The van der Waals surface area contributed by atoms with Gasteiger partial charge in [-0.3, -0.25) is 4.90 Å². The number of nitrogens with zero attached hydrogens (tertiary/aromatic N) is 1. The molecule has 0 spiro atoms. The summed E-state index contributed by atoms with van der Waals surface area (Å²) >= 11 is 0. The Morgan fingerprint density at radius 3 is 2.53 bits per heavy atom. The van der Waals surface area contributed by atoms with Gasteiger partial charge in [-0.05, 0) is 32.0 Å². The monoisotopic (exact) mass is 258 g/mol. The summed E-state index contributed by atoms with van der Waals surface area (Å²) in [5.41, 5.74) is 8.48. The minimum absolute atomic E-state index is 0.344. The van der Waals surface area contributed by atoms with Crippen molar-refractivity contribution < 1.29 is 4.42 Å². The Morgan fingerprint density at radius 2 is 1.95 bits per heavy atom. The third kappa shape index (κ3) is 3.69. The molecule has 0 aliphatic heterocycles. The van der Waals surface area contributed by atoms with Gasteiger partial charge in [0.2, 0.25) is 0 Å². The lowest BCUT2D eigenvalue weighted by molar-refractivity contribution is 0.236. The molecule has 2 rings (SSSR count). The molecule has 2 N–H and O–H groups in total. The number of rotatable bonds is 6. The summed E-state index contributed by atoms with van der Waals surface area (Å²) in [6.07, 6.45) is 2.72. The highest BCUT2D eigenvalue weighted by atomic mass is 16.3. The molecule has 1 aromatic carbocycles. The quantitative estimate of drug-likeness (QED) is 0.866. The summed E-state index contributed by atoms with van der Waals surface area (Å²) in [5, 5.41) is 0. The van der Waals surface area contributed by atoms with E-state index in [-0.39, 0.29) is 0 Å². The molecular formula is C16H22N2O. The Morgan fingerprint density at radius 1 is 1.21 bits per heavy atom. The molecule has 0 fully saturated rings. The minimum atomic E-state index is 0.344. The average Bonchev–Trinajstić information content (AvgIpc) is 2.82. The molecule has 0 bridgehead atoms. The number of furan rings is 1. The van der Waals surface area contributed by atoms with Crippen molar-refractivity contribution in [3.05, 3.63) is 59.5 Å². The topological polar surface area (TPSA) is 42.4 Å². The van der Waals surface area contributed by atoms with Crippen molar-refractivity contribution >= 4 is 0 Å². The van der Waals surface area contributed by atoms with Crippen molar-refractivity contribution in [2.75, 3.05) is 13.6 Å². The van der Waals surface area contributed by atoms with Gasteiger partial charge in [0.1, 0.15) is 5.76 Å². The molecule has 19 heavy (non-hydrogen) atoms. The first-order valence-electron chi connectivity index (χ1n) is 6.68. The lowest BCUT2D eigenvalue weighted by atomic mass is 10.0. The maximum absolute atomic E-state index is 5.92. The Hall–Kier alpha value is -1.58. The van der Waals surface area contributed by atoms with E-state index in [4.69, 9.17) is 10.2 Å². The van der Waals surface area contributed by atoms with Gasteiger partial charge in [-0.1, -0.05) is 30.3 Å². The molecule has 3 heteroatoms. The van der Waals surface area contributed by atoms with Crippen LogP contribution in [0.3, 0.4) is 0 Å². The van der Waals surface area contributed by atoms with Gasteiger partial charge in [0.25, 0.3) is 0 Å². The van der Waals surface area contributed by atoms with E-state index in [1.807, 2.05) is 19.1 Å². The number of likely N-dealkylation sites (N-methyl/N-ethyl adjacent to an activating group) is 1. The molecule has 0 aliphatic rings.